The summed E-state index contributed by atoms with van der Waals surface area (Å²) in [4.78, 5) is 36.0. The second kappa shape index (κ2) is 9.82. The smallest absolute Gasteiger partial charge is 0.338 e. The molecule has 0 radical (unpaired) electrons. The molecule has 0 fully saturated rings. The summed E-state index contributed by atoms with van der Waals surface area (Å²) >= 11 is 0. The second-order valence-corrected chi connectivity index (χ2v) is 6.86. The summed E-state index contributed by atoms with van der Waals surface area (Å²) in [5, 5.41) is 3.22. The first kappa shape index (κ1) is 22.6. The Morgan fingerprint density at radius 1 is 1.09 bits per heavy atom. The molecule has 3 aromatic rings. The average Bonchev–Trinajstić information content (AvgIpc) is 2.76. The van der Waals surface area contributed by atoms with Gasteiger partial charge >= 0.3 is 11.6 Å². The number of esters is 1. The summed E-state index contributed by atoms with van der Waals surface area (Å²) in [6.45, 7) is 3.08. The molecule has 8 heteroatoms. The highest BCUT2D eigenvalue weighted by atomic mass is 16.5. The van der Waals surface area contributed by atoms with E-state index in [1.807, 2.05) is 13.0 Å². The summed E-state index contributed by atoms with van der Waals surface area (Å²) in [7, 11) is 3.00. The molecule has 1 heterocycles. The number of allylic oxidation sites excluding steroid dienone is 1. The van der Waals surface area contributed by atoms with Gasteiger partial charge in [0.15, 0.2) is 11.5 Å². The van der Waals surface area contributed by atoms with Crippen LogP contribution in [0.3, 0.4) is 0 Å². The van der Waals surface area contributed by atoms with Crippen molar-refractivity contribution in [2.75, 3.05) is 19.5 Å². The van der Waals surface area contributed by atoms with Crippen molar-refractivity contribution in [1.82, 2.24) is 0 Å². The molecule has 2 aromatic carbocycles. The van der Waals surface area contributed by atoms with Crippen LogP contribution in [0.1, 0.15) is 35.3 Å². The lowest BCUT2D eigenvalue weighted by atomic mass is 10.1. The molecule has 0 saturated carbocycles. The Labute approximate surface area is 184 Å². The first-order valence-corrected chi connectivity index (χ1v) is 9.76. The van der Waals surface area contributed by atoms with Gasteiger partial charge in [-0.1, -0.05) is 12.2 Å². The number of carbonyl (C=O) groups excluding carboxylic acids is 2. The Hall–Kier alpha value is -4.07. The normalized spacial score (nSPS) is 10.9. The van der Waals surface area contributed by atoms with Crippen molar-refractivity contribution in [3.8, 4) is 11.5 Å². The number of hydrogen-bond donors (Lipinski definition) is 1. The van der Waals surface area contributed by atoms with Gasteiger partial charge in [0, 0.05) is 41.3 Å². The molecule has 0 bridgehead atoms. The lowest BCUT2D eigenvalue weighted by Crippen LogP contribution is -2.09. The predicted molar refractivity (Wildman–Crippen MR) is 120 cm³/mol. The summed E-state index contributed by atoms with van der Waals surface area (Å²) in [5.74, 6) is 0.0621. The Kier molecular flexibility index (Phi) is 6.94. The fourth-order valence-electron chi connectivity index (χ4n) is 3.27. The van der Waals surface area contributed by atoms with Crippen LogP contribution < -0.4 is 20.4 Å². The third-order valence-electron chi connectivity index (χ3n) is 4.60. The largest absolute Gasteiger partial charge is 0.493 e. The molecule has 1 amide bonds. The van der Waals surface area contributed by atoms with Crippen molar-refractivity contribution in [3.63, 3.8) is 0 Å². The quantitative estimate of drug-likeness (QED) is 0.437. The maximum absolute atomic E-state index is 12.7. The number of benzene rings is 2. The molecular formula is C24H23NO7. The number of rotatable bonds is 7. The van der Waals surface area contributed by atoms with Gasteiger partial charge in [0.25, 0.3) is 0 Å². The molecule has 32 heavy (non-hydrogen) atoms. The average molecular weight is 437 g/mol. The van der Waals surface area contributed by atoms with Crippen LogP contribution in [0.25, 0.3) is 17.0 Å². The lowest BCUT2D eigenvalue weighted by molar-refractivity contribution is -0.114. The van der Waals surface area contributed by atoms with Gasteiger partial charge in [0.05, 0.1) is 19.8 Å². The Balaban J connectivity index is 1.89. The zero-order valence-electron chi connectivity index (χ0n) is 18.2. The molecule has 1 N–H and O–H groups in total. The topological polar surface area (TPSA) is 104 Å². The van der Waals surface area contributed by atoms with E-state index in [0.29, 0.717) is 33.7 Å². The maximum atomic E-state index is 12.7. The Bertz CT molecular complexity index is 1260. The van der Waals surface area contributed by atoms with Gasteiger partial charge in [-0.3, -0.25) is 4.79 Å². The highest BCUT2D eigenvalue weighted by Crippen LogP contribution is 2.34. The third-order valence-corrected chi connectivity index (χ3v) is 4.60. The zero-order valence-corrected chi connectivity index (χ0v) is 18.2. The van der Waals surface area contributed by atoms with E-state index in [-0.39, 0.29) is 23.7 Å². The van der Waals surface area contributed by atoms with Gasteiger partial charge in [-0.15, -0.1) is 0 Å². The van der Waals surface area contributed by atoms with Crippen LogP contribution in [0.15, 0.2) is 51.7 Å². The van der Waals surface area contributed by atoms with Crippen molar-refractivity contribution in [3.05, 3.63) is 69.6 Å². The van der Waals surface area contributed by atoms with Crippen molar-refractivity contribution in [2.45, 2.75) is 20.5 Å². The van der Waals surface area contributed by atoms with E-state index in [0.717, 1.165) is 0 Å². The Morgan fingerprint density at radius 2 is 1.88 bits per heavy atom. The number of ether oxygens (including phenoxy) is 3. The fraction of sp³-hybridized carbons (Fsp3) is 0.208. The van der Waals surface area contributed by atoms with E-state index in [9.17, 15) is 14.4 Å². The van der Waals surface area contributed by atoms with Gasteiger partial charge in [-0.05, 0) is 31.2 Å². The molecule has 3 rings (SSSR count). The minimum Gasteiger partial charge on any atom is -0.493 e. The summed E-state index contributed by atoms with van der Waals surface area (Å²) in [6, 6.07) is 9.35. The number of anilines is 1. The number of carbonyl (C=O) groups is 2. The van der Waals surface area contributed by atoms with Gasteiger partial charge in [0.2, 0.25) is 5.91 Å². The second-order valence-electron chi connectivity index (χ2n) is 6.86. The molecule has 0 aliphatic heterocycles. The van der Waals surface area contributed by atoms with E-state index in [2.05, 4.69) is 5.32 Å². The van der Waals surface area contributed by atoms with E-state index >= 15 is 0 Å². The van der Waals surface area contributed by atoms with Gasteiger partial charge in [-0.2, -0.15) is 0 Å². The van der Waals surface area contributed by atoms with Crippen LogP contribution in [0.4, 0.5) is 5.69 Å². The first-order valence-electron chi connectivity index (χ1n) is 9.76. The van der Waals surface area contributed by atoms with Crippen LogP contribution in [-0.4, -0.2) is 26.1 Å². The lowest BCUT2D eigenvalue weighted by Gasteiger charge is -2.13. The molecule has 0 unspecified atom stereocenters. The predicted octanol–water partition coefficient (Wildman–Crippen LogP) is 4.16. The summed E-state index contributed by atoms with van der Waals surface area (Å²) < 4.78 is 21.4. The van der Waals surface area contributed by atoms with Crippen LogP contribution in [0.5, 0.6) is 11.5 Å². The molecule has 0 saturated heterocycles. The summed E-state index contributed by atoms with van der Waals surface area (Å²) in [5.41, 5.74) is 1.59. The monoisotopic (exact) mass is 437 g/mol. The number of hydrogen-bond acceptors (Lipinski definition) is 7. The molecule has 0 atom stereocenters. The van der Waals surface area contributed by atoms with Crippen molar-refractivity contribution >= 4 is 34.6 Å². The van der Waals surface area contributed by atoms with Gasteiger partial charge < -0.3 is 23.9 Å². The van der Waals surface area contributed by atoms with Crippen LogP contribution >= 0.6 is 0 Å². The molecule has 1 aromatic heterocycles. The molecule has 8 nitrogen and oxygen atoms in total. The van der Waals surface area contributed by atoms with Crippen molar-refractivity contribution in [2.24, 2.45) is 0 Å². The standard InChI is InChI=1S/C24H23NO7/c1-5-6-15-9-16(10-21(29-3)23(15)30-4)24(28)31-13-17-11-22(27)32-20-12-18(25-14(2)26)7-8-19(17)20/h5-12H,13H2,1-4H3,(H,25,26)/b6-5+. The number of methoxy groups -OCH3 is 2. The molecule has 0 aliphatic carbocycles. The molecule has 0 spiro atoms. The van der Waals surface area contributed by atoms with E-state index in [1.54, 1.807) is 30.3 Å². The maximum Gasteiger partial charge on any atom is 0.338 e. The fourth-order valence-corrected chi connectivity index (χ4v) is 3.27. The minimum absolute atomic E-state index is 0.145. The zero-order chi connectivity index (χ0) is 23.3. The van der Waals surface area contributed by atoms with E-state index in [4.69, 9.17) is 18.6 Å². The van der Waals surface area contributed by atoms with Crippen LogP contribution in [0, 0.1) is 0 Å². The van der Waals surface area contributed by atoms with Crippen molar-refractivity contribution < 1.29 is 28.2 Å². The van der Waals surface area contributed by atoms with E-state index < -0.39 is 11.6 Å². The number of amides is 1. The molecular weight excluding hydrogens is 414 g/mol. The minimum atomic E-state index is -0.593. The number of fused-ring (bicyclic) bond motifs is 1. The van der Waals surface area contributed by atoms with Crippen LogP contribution in [-0.2, 0) is 16.1 Å². The summed E-state index contributed by atoms with van der Waals surface area (Å²) in [6.07, 6.45) is 3.61. The van der Waals surface area contributed by atoms with Gasteiger partial charge in [0.1, 0.15) is 12.2 Å². The Morgan fingerprint density at radius 3 is 2.53 bits per heavy atom. The van der Waals surface area contributed by atoms with Crippen LogP contribution in [0.2, 0.25) is 0 Å². The van der Waals surface area contributed by atoms with Crippen molar-refractivity contribution in [1.29, 1.82) is 0 Å². The molecule has 0 aliphatic rings. The highest BCUT2D eigenvalue weighted by Gasteiger charge is 2.17. The van der Waals surface area contributed by atoms with Gasteiger partial charge in [-0.25, -0.2) is 9.59 Å². The van der Waals surface area contributed by atoms with E-state index in [1.165, 1.54) is 33.3 Å². The third kappa shape index (κ3) is 4.97. The first-order chi connectivity index (χ1) is 15.4. The molecule has 166 valence electrons. The highest BCUT2D eigenvalue weighted by molar-refractivity contribution is 5.93. The SMILES string of the molecule is C/C=C/c1cc(C(=O)OCc2cc(=O)oc3cc(NC(C)=O)ccc23)cc(OC)c1OC. The number of nitrogens with one attached hydrogen (secondary N) is 1.